The number of rotatable bonds is 10. The van der Waals surface area contributed by atoms with Crippen molar-refractivity contribution in [3.8, 4) is 0 Å². The average molecular weight is 297 g/mol. The molecule has 114 valence electrons. The molecule has 0 aromatic carbocycles. The van der Waals surface area contributed by atoms with Gasteiger partial charge in [-0.1, -0.05) is 19.9 Å². The summed E-state index contributed by atoms with van der Waals surface area (Å²) in [6.07, 6.45) is 1.32. The van der Waals surface area contributed by atoms with Crippen LogP contribution in [0.4, 0.5) is 0 Å². The standard InChI is InChI=1S/C15H27N3OS/c1-3-17(4-2)10-11-18(15(19)8-5-9-16)13-14-7-6-12-20-14/h6-7,12H,3-5,8-11,13,16H2,1-2H3. The van der Waals surface area contributed by atoms with E-state index in [0.717, 1.165) is 39.1 Å². The van der Waals surface area contributed by atoms with Crippen molar-refractivity contribution in [1.82, 2.24) is 9.80 Å². The fourth-order valence-electron chi connectivity index (χ4n) is 2.10. The van der Waals surface area contributed by atoms with E-state index in [9.17, 15) is 4.79 Å². The highest BCUT2D eigenvalue weighted by atomic mass is 32.1. The predicted molar refractivity (Wildman–Crippen MR) is 85.8 cm³/mol. The van der Waals surface area contributed by atoms with Crippen LogP contribution < -0.4 is 5.73 Å². The minimum Gasteiger partial charge on any atom is -0.336 e. The smallest absolute Gasteiger partial charge is 0.222 e. The van der Waals surface area contributed by atoms with Gasteiger partial charge in [0.2, 0.25) is 5.91 Å². The third-order valence-corrected chi connectivity index (χ3v) is 4.32. The molecule has 0 bridgehead atoms. The number of carbonyl (C=O) groups is 1. The van der Waals surface area contributed by atoms with Gasteiger partial charge in [-0.15, -0.1) is 11.3 Å². The van der Waals surface area contributed by atoms with E-state index in [1.54, 1.807) is 11.3 Å². The molecule has 0 aliphatic rings. The molecule has 1 rings (SSSR count). The van der Waals surface area contributed by atoms with Crippen LogP contribution in [0, 0.1) is 0 Å². The van der Waals surface area contributed by atoms with Gasteiger partial charge in [-0.05, 0) is 37.5 Å². The van der Waals surface area contributed by atoms with E-state index < -0.39 is 0 Å². The summed E-state index contributed by atoms with van der Waals surface area (Å²) in [4.78, 5) is 17.8. The number of hydrogen-bond donors (Lipinski definition) is 1. The predicted octanol–water partition coefficient (Wildman–Crippen LogP) is 2.16. The third kappa shape index (κ3) is 6.03. The number of amides is 1. The molecule has 0 fully saturated rings. The monoisotopic (exact) mass is 297 g/mol. The quantitative estimate of drug-likeness (QED) is 0.720. The molecular weight excluding hydrogens is 270 g/mol. The van der Waals surface area contributed by atoms with Crippen LogP contribution in [0.1, 0.15) is 31.6 Å². The van der Waals surface area contributed by atoms with Crippen molar-refractivity contribution in [2.45, 2.75) is 33.2 Å². The zero-order chi connectivity index (χ0) is 14.8. The molecule has 0 aliphatic heterocycles. The van der Waals surface area contributed by atoms with Crippen LogP contribution in [-0.4, -0.2) is 48.4 Å². The minimum absolute atomic E-state index is 0.219. The largest absolute Gasteiger partial charge is 0.336 e. The number of nitrogens with zero attached hydrogens (tertiary/aromatic N) is 2. The van der Waals surface area contributed by atoms with E-state index in [4.69, 9.17) is 5.73 Å². The Kier molecular flexibility index (Phi) is 8.49. The second-order valence-corrected chi connectivity index (χ2v) is 5.85. The summed E-state index contributed by atoms with van der Waals surface area (Å²) < 4.78 is 0. The van der Waals surface area contributed by atoms with Crippen molar-refractivity contribution in [3.63, 3.8) is 0 Å². The highest BCUT2D eigenvalue weighted by molar-refractivity contribution is 7.09. The van der Waals surface area contributed by atoms with Gasteiger partial charge in [0.25, 0.3) is 0 Å². The first kappa shape index (κ1) is 17.1. The second kappa shape index (κ2) is 9.91. The van der Waals surface area contributed by atoms with Gasteiger partial charge in [-0.25, -0.2) is 0 Å². The molecule has 0 aliphatic carbocycles. The van der Waals surface area contributed by atoms with Crippen molar-refractivity contribution in [2.24, 2.45) is 5.73 Å². The Balaban J connectivity index is 2.56. The van der Waals surface area contributed by atoms with Crippen molar-refractivity contribution in [2.75, 3.05) is 32.7 Å². The van der Waals surface area contributed by atoms with Crippen LogP contribution in [0.25, 0.3) is 0 Å². The molecule has 2 N–H and O–H groups in total. The van der Waals surface area contributed by atoms with E-state index in [1.165, 1.54) is 4.88 Å². The maximum atomic E-state index is 12.3. The normalized spacial score (nSPS) is 11.0. The summed E-state index contributed by atoms with van der Waals surface area (Å²) in [6.45, 7) is 9.40. The number of thiophene rings is 1. The lowest BCUT2D eigenvalue weighted by molar-refractivity contribution is -0.132. The van der Waals surface area contributed by atoms with Gasteiger partial charge in [-0.2, -0.15) is 0 Å². The molecule has 5 heteroatoms. The summed E-state index contributed by atoms with van der Waals surface area (Å²) in [7, 11) is 0. The highest BCUT2D eigenvalue weighted by Crippen LogP contribution is 2.13. The van der Waals surface area contributed by atoms with E-state index in [2.05, 4.69) is 30.2 Å². The zero-order valence-corrected chi connectivity index (χ0v) is 13.5. The average Bonchev–Trinajstić information content (AvgIpc) is 2.97. The van der Waals surface area contributed by atoms with Gasteiger partial charge in [0, 0.05) is 24.4 Å². The van der Waals surface area contributed by atoms with Gasteiger partial charge in [0.05, 0.1) is 6.54 Å². The summed E-state index contributed by atoms with van der Waals surface area (Å²) in [5, 5.41) is 2.06. The van der Waals surface area contributed by atoms with Gasteiger partial charge in [0.1, 0.15) is 0 Å². The summed E-state index contributed by atoms with van der Waals surface area (Å²) >= 11 is 1.71. The molecule has 0 saturated carbocycles. The van der Waals surface area contributed by atoms with Crippen molar-refractivity contribution in [1.29, 1.82) is 0 Å². The molecule has 1 aromatic heterocycles. The fourth-order valence-corrected chi connectivity index (χ4v) is 2.82. The molecular formula is C15H27N3OS. The Morgan fingerprint density at radius 1 is 1.30 bits per heavy atom. The lowest BCUT2D eigenvalue weighted by Crippen LogP contribution is -2.38. The van der Waals surface area contributed by atoms with E-state index >= 15 is 0 Å². The van der Waals surface area contributed by atoms with E-state index in [0.29, 0.717) is 13.0 Å². The first-order valence-corrected chi connectivity index (χ1v) is 8.31. The van der Waals surface area contributed by atoms with Crippen LogP contribution in [0.3, 0.4) is 0 Å². The molecule has 20 heavy (non-hydrogen) atoms. The van der Waals surface area contributed by atoms with Crippen molar-refractivity contribution in [3.05, 3.63) is 22.4 Å². The first-order chi connectivity index (χ1) is 9.71. The number of nitrogens with two attached hydrogens (primary N) is 1. The number of likely N-dealkylation sites (N-methyl/N-ethyl adjacent to an activating group) is 1. The lowest BCUT2D eigenvalue weighted by atomic mass is 10.2. The molecule has 1 aromatic rings. The number of hydrogen-bond acceptors (Lipinski definition) is 4. The van der Waals surface area contributed by atoms with Gasteiger partial charge in [-0.3, -0.25) is 4.79 Å². The van der Waals surface area contributed by atoms with Crippen LogP contribution >= 0.6 is 11.3 Å². The molecule has 0 atom stereocenters. The molecule has 4 nitrogen and oxygen atoms in total. The van der Waals surface area contributed by atoms with Crippen LogP contribution in [0.15, 0.2) is 17.5 Å². The maximum absolute atomic E-state index is 12.3. The summed E-state index contributed by atoms with van der Waals surface area (Å²) in [5.41, 5.74) is 5.50. The van der Waals surface area contributed by atoms with Crippen LogP contribution in [0.2, 0.25) is 0 Å². The SMILES string of the molecule is CCN(CC)CCN(Cc1cccs1)C(=O)CCCN. The zero-order valence-electron chi connectivity index (χ0n) is 12.7. The topological polar surface area (TPSA) is 49.6 Å². The molecule has 1 amide bonds. The van der Waals surface area contributed by atoms with Crippen molar-refractivity contribution >= 4 is 17.2 Å². The van der Waals surface area contributed by atoms with Gasteiger partial charge in [0.15, 0.2) is 0 Å². The Bertz CT molecular complexity index is 363. The molecule has 1 heterocycles. The van der Waals surface area contributed by atoms with Crippen LogP contribution in [-0.2, 0) is 11.3 Å². The lowest BCUT2D eigenvalue weighted by Gasteiger charge is -2.26. The van der Waals surface area contributed by atoms with Crippen LogP contribution in [0.5, 0.6) is 0 Å². The molecule has 0 spiro atoms. The van der Waals surface area contributed by atoms with Gasteiger partial charge >= 0.3 is 0 Å². The Morgan fingerprint density at radius 2 is 2.05 bits per heavy atom. The van der Waals surface area contributed by atoms with E-state index in [-0.39, 0.29) is 5.91 Å². The van der Waals surface area contributed by atoms with Crippen molar-refractivity contribution < 1.29 is 4.79 Å². The van der Waals surface area contributed by atoms with E-state index in [1.807, 2.05) is 11.0 Å². The summed E-state index contributed by atoms with van der Waals surface area (Å²) in [5.74, 6) is 0.219. The number of carbonyl (C=O) groups excluding carboxylic acids is 1. The Hall–Kier alpha value is -0.910. The Morgan fingerprint density at radius 3 is 2.60 bits per heavy atom. The Labute approximate surface area is 126 Å². The highest BCUT2D eigenvalue weighted by Gasteiger charge is 2.14. The third-order valence-electron chi connectivity index (χ3n) is 3.45. The summed E-state index contributed by atoms with van der Waals surface area (Å²) in [6, 6.07) is 4.12. The molecule has 0 saturated heterocycles. The first-order valence-electron chi connectivity index (χ1n) is 7.43. The minimum atomic E-state index is 0.219. The second-order valence-electron chi connectivity index (χ2n) is 4.81. The molecule has 0 unspecified atom stereocenters. The van der Waals surface area contributed by atoms with Gasteiger partial charge < -0.3 is 15.5 Å². The fraction of sp³-hybridized carbons (Fsp3) is 0.667. The maximum Gasteiger partial charge on any atom is 0.222 e. The molecule has 0 radical (unpaired) electrons.